The summed E-state index contributed by atoms with van der Waals surface area (Å²) in [4.78, 5) is 2.23. The third-order valence-electron chi connectivity index (χ3n) is 3.13. The lowest BCUT2D eigenvalue weighted by atomic mass is 10.1. The van der Waals surface area contributed by atoms with Crippen LogP contribution in [0.1, 0.15) is 16.7 Å². The lowest BCUT2D eigenvalue weighted by Crippen LogP contribution is -2.17. The first-order valence-corrected chi connectivity index (χ1v) is 6.52. The second-order valence-corrected chi connectivity index (χ2v) is 4.80. The van der Waals surface area contributed by atoms with Crippen molar-refractivity contribution in [2.24, 2.45) is 0 Å². The Labute approximate surface area is 120 Å². The monoisotopic (exact) mass is 266 g/mol. The maximum atomic E-state index is 8.98. The van der Waals surface area contributed by atoms with E-state index in [1.54, 1.807) is 7.11 Å². The van der Waals surface area contributed by atoms with Crippen LogP contribution in [0.5, 0.6) is 5.75 Å². The molecule has 2 rings (SSSR count). The molecule has 0 amide bonds. The number of methoxy groups -OCH3 is 1. The van der Waals surface area contributed by atoms with E-state index in [0.29, 0.717) is 11.3 Å². The molecule has 0 aliphatic rings. The molecule has 0 spiro atoms. The Morgan fingerprint density at radius 1 is 1.05 bits per heavy atom. The number of nitriles is 1. The fraction of sp³-hybridized carbons (Fsp3) is 0.235. The third kappa shape index (κ3) is 3.59. The Hall–Kier alpha value is -2.31. The lowest BCUT2D eigenvalue weighted by molar-refractivity contribution is 0.318. The lowest BCUT2D eigenvalue weighted by Gasteiger charge is -2.17. The van der Waals surface area contributed by atoms with Crippen LogP contribution in [0, 0.1) is 11.3 Å². The van der Waals surface area contributed by atoms with Crippen LogP contribution < -0.4 is 4.74 Å². The van der Waals surface area contributed by atoms with Gasteiger partial charge in [-0.3, -0.25) is 4.90 Å². The topological polar surface area (TPSA) is 36.3 Å². The fourth-order valence-corrected chi connectivity index (χ4v) is 2.19. The summed E-state index contributed by atoms with van der Waals surface area (Å²) in [7, 11) is 3.67. The minimum absolute atomic E-state index is 0.571. The van der Waals surface area contributed by atoms with E-state index in [2.05, 4.69) is 30.1 Å². The molecule has 0 radical (unpaired) electrons. The predicted molar refractivity (Wildman–Crippen MR) is 79.3 cm³/mol. The molecule has 3 nitrogen and oxygen atoms in total. The van der Waals surface area contributed by atoms with Crippen LogP contribution in [0.15, 0.2) is 48.5 Å². The molecule has 0 N–H and O–H groups in total. The quantitative estimate of drug-likeness (QED) is 0.833. The van der Waals surface area contributed by atoms with Gasteiger partial charge in [-0.05, 0) is 30.3 Å². The molecule has 20 heavy (non-hydrogen) atoms. The van der Waals surface area contributed by atoms with Gasteiger partial charge in [0, 0.05) is 13.1 Å². The van der Waals surface area contributed by atoms with Gasteiger partial charge in [-0.15, -0.1) is 0 Å². The second kappa shape index (κ2) is 6.74. The Bertz CT molecular complexity index is 602. The van der Waals surface area contributed by atoms with Crippen molar-refractivity contribution in [2.45, 2.75) is 13.1 Å². The van der Waals surface area contributed by atoms with Crippen LogP contribution in [0.3, 0.4) is 0 Å². The number of hydrogen-bond donors (Lipinski definition) is 0. The second-order valence-electron chi connectivity index (χ2n) is 4.80. The molecular formula is C17H18N2O. The van der Waals surface area contributed by atoms with Crippen molar-refractivity contribution in [2.75, 3.05) is 14.2 Å². The van der Waals surface area contributed by atoms with Crippen molar-refractivity contribution in [3.8, 4) is 11.8 Å². The van der Waals surface area contributed by atoms with E-state index in [1.807, 2.05) is 36.4 Å². The van der Waals surface area contributed by atoms with Crippen LogP contribution in [0.25, 0.3) is 0 Å². The molecular weight excluding hydrogens is 248 g/mol. The van der Waals surface area contributed by atoms with Gasteiger partial charge in [0.25, 0.3) is 0 Å². The predicted octanol–water partition coefficient (Wildman–Crippen LogP) is 3.20. The first kappa shape index (κ1) is 14.1. The number of hydrogen-bond acceptors (Lipinski definition) is 3. The molecule has 2 aromatic carbocycles. The SMILES string of the molecule is COc1cc(CN(C)Cc2ccccc2)ccc1C#N. The zero-order valence-corrected chi connectivity index (χ0v) is 11.8. The van der Waals surface area contributed by atoms with Crippen LogP contribution in [0.4, 0.5) is 0 Å². The van der Waals surface area contributed by atoms with Gasteiger partial charge in [0.2, 0.25) is 0 Å². The van der Waals surface area contributed by atoms with Gasteiger partial charge in [0.15, 0.2) is 0 Å². The molecule has 0 saturated carbocycles. The van der Waals surface area contributed by atoms with Gasteiger partial charge >= 0.3 is 0 Å². The summed E-state index contributed by atoms with van der Waals surface area (Å²) in [5.41, 5.74) is 3.00. The summed E-state index contributed by atoms with van der Waals surface area (Å²) < 4.78 is 5.24. The van der Waals surface area contributed by atoms with Gasteiger partial charge in [-0.1, -0.05) is 36.4 Å². The first-order valence-electron chi connectivity index (χ1n) is 6.52. The first-order chi connectivity index (χ1) is 9.72. The van der Waals surface area contributed by atoms with Gasteiger partial charge in [-0.25, -0.2) is 0 Å². The largest absolute Gasteiger partial charge is 0.495 e. The molecule has 0 atom stereocenters. The summed E-state index contributed by atoms with van der Waals surface area (Å²) in [5.74, 6) is 0.637. The zero-order valence-electron chi connectivity index (χ0n) is 11.8. The Balaban J connectivity index is 2.05. The minimum Gasteiger partial charge on any atom is -0.495 e. The van der Waals surface area contributed by atoms with Gasteiger partial charge in [-0.2, -0.15) is 5.26 Å². The molecule has 0 aliphatic carbocycles. The summed E-state index contributed by atoms with van der Waals surface area (Å²) in [6.07, 6.45) is 0. The van der Waals surface area contributed by atoms with Crippen LogP contribution >= 0.6 is 0 Å². The highest BCUT2D eigenvalue weighted by Gasteiger charge is 2.06. The highest BCUT2D eigenvalue weighted by atomic mass is 16.5. The van der Waals surface area contributed by atoms with Gasteiger partial charge < -0.3 is 4.74 Å². The number of nitrogens with zero attached hydrogens (tertiary/aromatic N) is 2. The van der Waals surface area contributed by atoms with E-state index in [-0.39, 0.29) is 0 Å². The smallest absolute Gasteiger partial charge is 0.136 e. The summed E-state index contributed by atoms with van der Waals surface area (Å²) in [6.45, 7) is 1.71. The summed E-state index contributed by atoms with van der Waals surface area (Å²) >= 11 is 0. The molecule has 2 aromatic rings. The van der Waals surface area contributed by atoms with Crippen LogP contribution in [-0.2, 0) is 13.1 Å². The van der Waals surface area contributed by atoms with Crippen LogP contribution in [-0.4, -0.2) is 19.1 Å². The van der Waals surface area contributed by atoms with Gasteiger partial charge in [0.05, 0.1) is 12.7 Å². The molecule has 0 aromatic heterocycles. The standard InChI is InChI=1S/C17H18N2O/c1-19(12-14-6-4-3-5-7-14)13-15-8-9-16(11-18)17(10-15)20-2/h3-10H,12-13H2,1-2H3. The van der Waals surface area contributed by atoms with Crippen LogP contribution in [0.2, 0.25) is 0 Å². The van der Waals surface area contributed by atoms with Crippen molar-refractivity contribution < 1.29 is 4.74 Å². The number of benzene rings is 2. The van der Waals surface area contributed by atoms with E-state index in [9.17, 15) is 0 Å². The minimum atomic E-state index is 0.571. The highest BCUT2D eigenvalue weighted by Crippen LogP contribution is 2.20. The molecule has 3 heteroatoms. The van der Waals surface area contributed by atoms with Crippen molar-refractivity contribution in [3.05, 3.63) is 65.2 Å². The van der Waals surface area contributed by atoms with Crippen molar-refractivity contribution in [1.29, 1.82) is 5.26 Å². The van der Waals surface area contributed by atoms with Crippen molar-refractivity contribution in [3.63, 3.8) is 0 Å². The number of ether oxygens (including phenoxy) is 1. The third-order valence-corrected chi connectivity index (χ3v) is 3.13. The number of rotatable bonds is 5. The fourth-order valence-electron chi connectivity index (χ4n) is 2.19. The normalized spacial score (nSPS) is 10.3. The molecule has 0 saturated heterocycles. The molecule has 0 aliphatic heterocycles. The van der Waals surface area contributed by atoms with E-state index in [4.69, 9.17) is 10.00 Å². The molecule has 0 fully saturated rings. The molecule has 0 heterocycles. The van der Waals surface area contributed by atoms with E-state index < -0.39 is 0 Å². The summed E-state index contributed by atoms with van der Waals surface area (Å²) in [5, 5.41) is 8.98. The highest BCUT2D eigenvalue weighted by molar-refractivity contribution is 5.45. The average Bonchev–Trinajstić information content (AvgIpc) is 2.48. The summed E-state index contributed by atoms with van der Waals surface area (Å²) in [6, 6.07) is 18.2. The molecule has 102 valence electrons. The molecule has 0 unspecified atom stereocenters. The molecule has 0 bridgehead atoms. The van der Waals surface area contributed by atoms with E-state index >= 15 is 0 Å². The Morgan fingerprint density at radius 3 is 2.40 bits per heavy atom. The van der Waals surface area contributed by atoms with E-state index in [1.165, 1.54) is 5.56 Å². The maximum absolute atomic E-state index is 8.98. The van der Waals surface area contributed by atoms with Crippen molar-refractivity contribution in [1.82, 2.24) is 4.90 Å². The van der Waals surface area contributed by atoms with Gasteiger partial charge in [0.1, 0.15) is 11.8 Å². The average molecular weight is 266 g/mol. The van der Waals surface area contributed by atoms with E-state index in [0.717, 1.165) is 18.7 Å². The van der Waals surface area contributed by atoms with Crippen molar-refractivity contribution >= 4 is 0 Å². The Morgan fingerprint density at radius 2 is 1.75 bits per heavy atom. The maximum Gasteiger partial charge on any atom is 0.136 e. The Kier molecular flexibility index (Phi) is 4.75. The zero-order chi connectivity index (χ0) is 14.4.